The fourth-order valence-corrected chi connectivity index (χ4v) is 3.75. The van der Waals surface area contributed by atoms with Crippen molar-refractivity contribution in [3.63, 3.8) is 0 Å². The van der Waals surface area contributed by atoms with Gasteiger partial charge in [0, 0.05) is 13.2 Å². The van der Waals surface area contributed by atoms with Gasteiger partial charge in [0.05, 0.1) is 6.61 Å². The molecule has 0 aromatic carbocycles. The van der Waals surface area contributed by atoms with Crippen LogP contribution in [0.25, 0.3) is 0 Å². The molecular weight excluding hydrogens is 433 g/mol. The summed E-state index contributed by atoms with van der Waals surface area (Å²) in [5.41, 5.74) is -7.20. The van der Waals surface area contributed by atoms with Crippen LogP contribution in [0.4, 0.5) is 13.2 Å². The third-order valence-corrected chi connectivity index (χ3v) is 5.78. The van der Waals surface area contributed by atoms with Crippen molar-refractivity contribution in [2.24, 2.45) is 0 Å². The summed E-state index contributed by atoms with van der Waals surface area (Å²) < 4.78 is 94.6. The lowest BCUT2D eigenvalue weighted by Gasteiger charge is -2.36. The van der Waals surface area contributed by atoms with Crippen molar-refractivity contribution in [2.45, 2.75) is 88.8 Å². The van der Waals surface area contributed by atoms with Gasteiger partial charge in [-0.25, -0.2) is 0 Å². The van der Waals surface area contributed by atoms with E-state index >= 15 is 0 Å². The highest BCUT2D eigenvalue weighted by molar-refractivity contribution is 7.87. The van der Waals surface area contributed by atoms with Gasteiger partial charge < -0.3 is 23.7 Å². The topological polar surface area (TPSA) is 89.5 Å². The molecule has 178 valence electrons. The first-order valence-electron chi connectivity index (χ1n) is 10.1. The number of alkyl halides is 3. The molecule has 4 atom stereocenters. The summed E-state index contributed by atoms with van der Waals surface area (Å²) in [7, 11) is -5.83. The molecule has 0 N–H and O–H groups in total. The molecule has 0 spiro atoms. The highest BCUT2D eigenvalue weighted by Crippen LogP contribution is 2.44. The number of hydrogen-bond acceptors (Lipinski definition) is 8. The molecule has 2 rings (SSSR count). The smallest absolute Gasteiger partial charge is 0.378 e. The Balaban J connectivity index is 2.26. The first-order valence-corrected chi connectivity index (χ1v) is 11.5. The maximum atomic E-state index is 12.8. The molecule has 12 heteroatoms. The van der Waals surface area contributed by atoms with Gasteiger partial charge in [0.25, 0.3) is 0 Å². The standard InChI is InChI=1S/C18H31F3O8S/c1-5-7-9-24-11-17(12-26-30(22,23)18(19,20)21)14(25-10-8-6-2)13-15(29-17)28-16(3,4)27-13/h13-15H,5-12H2,1-4H3/t13?,14?,15-,17+/m0/s1. The highest BCUT2D eigenvalue weighted by Gasteiger charge is 2.64. The van der Waals surface area contributed by atoms with Crippen LogP contribution in [0.5, 0.6) is 0 Å². The van der Waals surface area contributed by atoms with Crippen LogP contribution in [0.1, 0.15) is 53.4 Å². The summed E-state index contributed by atoms with van der Waals surface area (Å²) >= 11 is 0. The van der Waals surface area contributed by atoms with Crippen molar-refractivity contribution in [3.8, 4) is 0 Å². The van der Waals surface area contributed by atoms with Gasteiger partial charge >= 0.3 is 15.6 Å². The SMILES string of the molecule is CCCCOC[C@]1(COS(=O)(=O)C(F)(F)F)O[C@@H]2OC(C)(C)OC2C1OCCCC. The van der Waals surface area contributed by atoms with Gasteiger partial charge in [-0.15, -0.1) is 0 Å². The van der Waals surface area contributed by atoms with Crippen LogP contribution in [0.15, 0.2) is 0 Å². The lowest BCUT2D eigenvalue weighted by molar-refractivity contribution is -0.258. The molecule has 2 aliphatic heterocycles. The van der Waals surface area contributed by atoms with E-state index in [9.17, 15) is 21.6 Å². The molecular formula is C18H31F3O8S. The lowest BCUT2D eigenvalue weighted by atomic mass is 9.96. The molecule has 30 heavy (non-hydrogen) atoms. The molecule has 0 aliphatic carbocycles. The fourth-order valence-electron chi connectivity index (χ4n) is 3.26. The van der Waals surface area contributed by atoms with Crippen molar-refractivity contribution < 1.29 is 49.5 Å². The van der Waals surface area contributed by atoms with E-state index in [1.54, 1.807) is 13.8 Å². The van der Waals surface area contributed by atoms with Gasteiger partial charge in [-0.05, 0) is 26.7 Å². The summed E-state index contributed by atoms with van der Waals surface area (Å²) in [4.78, 5) is 0. The van der Waals surface area contributed by atoms with Gasteiger partial charge in [0.1, 0.15) is 24.4 Å². The normalized spacial score (nSPS) is 31.2. The Morgan fingerprint density at radius 3 is 2.20 bits per heavy atom. The van der Waals surface area contributed by atoms with E-state index in [0.29, 0.717) is 19.4 Å². The monoisotopic (exact) mass is 464 g/mol. The Kier molecular flexibility index (Phi) is 8.56. The van der Waals surface area contributed by atoms with Crippen molar-refractivity contribution in [1.29, 1.82) is 0 Å². The van der Waals surface area contributed by atoms with Crippen LogP contribution < -0.4 is 0 Å². The molecule has 2 fully saturated rings. The molecule has 0 amide bonds. The van der Waals surface area contributed by atoms with Crippen LogP contribution in [0.2, 0.25) is 0 Å². The average molecular weight is 464 g/mol. The highest BCUT2D eigenvalue weighted by atomic mass is 32.2. The second-order valence-electron chi connectivity index (χ2n) is 7.86. The Labute approximate surface area is 175 Å². The van der Waals surface area contributed by atoms with Gasteiger partial charge in [0.15, 0.2) is 12.1 Å². The van der Waals surface area contributed by atoms with Crippen LogP contribution in [0.3, 0.4) is 0 Å². The number of ether oxygens (including phenoxy) is 5. The minimum Gasteiger partial charge on any atom is -0.378 e. The molecule has 2 unspecified atom stereocenters. The number of hydrogen-bond donors (Lipinski definition) is 0. The van der Waals surface area contributed by atoms with E-state index in [0.717, 1.165) is 12.8 Å². The molecule has 0 radical (unpaired) electrons. The molecule has 2 saturated heterocycles. The van der Waals surface area contributed by atoms with E-state index in [-0.39, 0.29) is 13.2 Å². The maximum Gasteiger partial charge on any atom is 0.523 e. The Morgan fingerprint density at radius 1 is 0.967 bits per heavy atom. The Morgan fingerprint density at radius 2 is 1.60 bits per heavy atom. The Bertz CT molecular complexity index is 654. The summed E-state index contributed by atoms with van der Waals surface area (Å²) in [5, 5.41) is 0. The molecule has 8 nitrogen and oxygen atoms in total. The molecule has 0 bridgehead atoms. The quantitative estimate of drug-likeness (QED) is 0.247. The molecule has 0 aromatic rings. The van der Waals surface area contributed by atoms with Crippen molar-refractivity contribution in [3.05, 3.63) is 0 Å². The van der Waals surface area contributed by atoms with Crippen molar-refractivity contribution in [1.82, 2.24) is 0 Å². The van der Waals surface area contributed by atoms with E-state index in [2.05, 4.69) is 4.18 Å². The van der Waals surface area contributed by atoms with Crippen LogP contribution >= 0.6 is 0 Å². The molecule has 0 saturated carbocycles. The number of halogens is 3. The van der Waals surface area contributed by atoms with Gasteiger partial charge in [-0.3, -0.25) is 4.18 Å². The van der Waals surface area contributed by atoms with Gasteiger partial charge in [-0.1, -0.05) is 26.7 Å². The number of fused-ring (bicyclic) bond motifs is 1. The van der Waals surface area contributed by atoms with E-state index in [1.165, 1.54) is 0 Å². The van der Waals surface area contributed by atoms with Crippen molar-refractivity contribution in [2.75, 3.05) is 26.4 Å². The minimum atomic E-state index is -5.83. The van der Waals surface area contributed by atoms with Crippen LogP contribution in [0, 0.1) is 0 Å². The summed E-state index contributed by atoms with van der Waals surface area (Å²) in [6.07, 6.45) is 0.389. The van der Waals surface area contributed by atoms with E-state index in [4.69, 9.17) is 23.7 Å². The predicted molar refractivity (Wildman–Crippen MR) is 98.9 cm³/mol. The Hall–Kier alpha value is -0.500. The predicted octanol–water partition coefficient (Wildman–Crippen LogP) is 3.10. The third-order valence-electron chi connectivity index (χ3n) is 4.78. The van der Waals surface area contributed by atoms with E-state index in [1.807, 2.05) is 13.8 Å². The third kappa shape index (κ3) is 6.05. The second kappa shape index (κ2) is 9.97. The number of unbranched alkanes of at least 4 members (excludes halogenated alkanes) is 2. The van der Waals surface area contributed by atoms with Gasteiger partial charge in [-0.2, -0.15) is 21.6 Å². The first-order chi connectivity index (χ1) is 13.9. The maximum absolute atomic E-state index is 12.8. The molecule has 2 aliphatic rings. The number of rotatable bonds is 12. The van der Waals surface area contributed by atoms with Crippen LogP contribution in [-0.4, -0.2) is 70.2 Å². The molecule has 2 heterocycles. The minimum absolute atomic E-state index is 0.239. The molecule has 0 aromatic heterocycles. The summed E-state index contributed by atoms with van der Waals surface area (Å²) in [6, 6.07) is 0. The van der Waals surface area contributed by atoms with Crippen LogP contribution in [-0.2, 0) is 38.0 Å². The van der Waals surface area contributed by atoms with Crippen molar-refractivity contribution >= 4 is 10.1 Å². The average Bonchev–Trinajstić information content (AvgIpc) is 3.06. The summed E-state index contributed by atoms with van der Waals surface area (Å²) in [5.74, 6) is -0.990. The zero-order valence-electron chi connectivity index (χ0n) is 17.7. The zero-order chi connectivity index (χ0) is 22.6. The zero-order valence-corrected chi connectivity index (χ0v) is 18.5. The second-order valence-corrected chi connectivity index (χ2v) is 9.47. The lowest BCUT2D eigenvalue weighted by Crippen LogP contribution is -2.54. The largest absolute Gasteiger partial charge is 0.523 e. The van der Waals surface area contributed by atoms with E-state index < -0.39 is 52.1 Å². The first kappa shape index (κ1) is 25.8. The summed E-state index contributed by atoms with van der Waals surface area (Å²) in [6.45, 7) is 6.65. The fraction of sp³-hybridized carbons (Fsp3) is 1.00. The van der Waals surface area contributed by atoms with Gasteiger partial charge in [0.2, 0.25) is 0 Å².